The number of sulfone groups is 1. The fourth-order valence-electron chi connectivity index (χ4n) is 2.79. The van der Waals surface area contributed by atoms with Gasteiger partial charge < -0.3 is 10.6 Å². The van der Waals surface area contributed by atoms with Gasteiger partial charge in [-0.15, -0.1) is 12.4 Å². The standard InChI is InChI=1S/C18H18F2N2O3S.ClH/c19-18(20)26(24,25)11-12-1-4-14(5-2-12)17(23)22-8-13-3-6-15-9-21-10-16(15)7-13;/h1-7,18,21H,8-11H2,(H,22,23);1H. The van der Waals surface area contributed by atoms with Crippen LogP contribution in [0.15, 0.2) is 42.5 Å². The molecule has 0 spiro atoms. The monoisotopic (exact) mass is 416 g/mol. The van der Waals surface area contributed by atoms with Crippen LogP contribution in [0.4, 0.5) is 8.78 Å². The van der Waals surface area contributed by atoms with Crippen molar-refractivity contribution in [3.63, 3.8) is 0 Å². The molecule has 1 aliphatic rings. The molecule has 5 nitrogen and oxygen atoms in total. The van der Waals surface area contributed by atoms with Gasteiger partial charge >= 0.3 is 5.76 Å². The lowest BCUT2D eigenvalue weighted by molar-refractivity contribution is 0.0951. The maximum atomic E-state index is 12.4. The SMILES string of the molecule is Cl.O=C(NCc1ccc2c(c1)CNC2)c1ccc(CS(=O)(=O)C(F)F)cc1. The predicted molar refractivity (Wildman–Crippen MR) is 100 cm³/mol. The van der Waals surface area contributed by atoms with E-state index in [4.69, 9.17) is 0 Å². The van der Waals surface area contributed by atoms with E-state index in [9.17, 15) is 22.0 Å². The molecule has 2 N–H and O–H groups in total. The molecule has 146 valence electrons. The molecule has 0 unspecified atom stereocenters. The number of benzene rings is 2. The Morgan fingerprint density at radius 2 is 1.67 bits per heavy atom. The molecule has 2 aromatic carbocycles. The minimum Gasteiger partial charge on any atom is -0.348 e. The molecule has 0 saturated heterocycles. The van der Waals surface area contributed by atoms with E-state index >= 15 is 0 Å². The predicted octanol–water partition coefficient (Wildman–Crippen LogP) is 2.78. The highest BCUT2D eigenvalue weighted by Gasteiger charge is 2.24. The minimum atomic E-state index is -4.47. The van der Waals surface area contributed by atoms with E-state index in [1.54, 1.807) is 0 Å². The Morgan fingerprint density at radius 1 is 1.04 bits per heavy atom. The number of fused-ring (bicyclic) bond motifs is 1. The molecule has 1 aliphatic heterocycles. The van der Waals surface area contributed by atoms with E-state index in [-0.39, 0.29) is 23.9 Å². The molecule has 1 heterocycles. The molecule has 0 aromatic heterocycles. The van der Waals surface area contributed by atoms with E-state index in [1.165, 1.54) is 35.4 Å². The largest absolute Gasteiger partial charge is 0.348 e. The number of amides is 1. The molecule has 0 atom stereocenters. The molecule has 0 aliphatic carbocycles. The molecule has 0 saturated carbocycles. The summed E-state index contributed by atoms with van der Waals surface area (Å²) in [5.74, 6) is -4.48. The number of carbonyl (C=O) groups excluding carboxylic acids is 1. The highest BCUT2D eigenvalue weighted by Crippen LogP contribution is 2.17. The van der Waals surface area contributed by atoms with Gasteiger partial charge in [-0.05, 0) is 34.4 Å². The summed E-state index contributed by atoms with van der Waals surface area (Å²) in [5, 5.41) is 6.05. The first-order chi connectivity index (χ1) is 12.3. The van der Waals surface area contributed by atoms with E-state index in [0.717, 1.165) is 18.7 Å². The Morgan fingerprint density at radius 3 is 2.33 bits per heavy atom. The molecule has 27 heavy (non-hydrogen) atoms. The number of carbonyl (C=O) groups is 1. The Kier molecular flexibility index (Phi) is 6.91. The van der Waals surface area contributed by atoms with Crippen molar-refractivity contribution in [1.29, 1.82) is 0 Å². The summed E-state index contributed by atoms with van der Waals surface area (Å²) >= 11 is 0. The molecule has 9 heteroatoms. The lowest BCUT2D eigenvalue weighted by atomic mass is 10.1. The Bertz CT molecular complexity index is 919. The van der Waals surface area contributed by atoms with Gasteiger partial charge in [0, 0.05) is 25.2 Å². The maximum absolute atomic E-state index is 12.4. The molecule has 0 radical (unpaired) electrons. The zero-order valence-corrected chi connectivity index (χ0v) is 15.9. The summed E-state index contributed by atoms with van der Waals surface area (Å²) in [6.45, 7) is 2.04. The zero-order valence-electron chi connectivity index (χ0n) is 14.2. The molecular weight excluding hydrogens is 398 g/mol. The zero-order chi connectivity index (χ0) is 18.7. The van der Waals surface area contributed by atoms with E-state index in [0.29, 0.717) is 12.1 Å². The molecule has 0 fully saturated rings. The van der Waals surface area contributed by atoms with Gasteiger partial charge in [0.25, 0.3) is 5.91 Å². The summed E-state index contributed by atoms with van der Waals surface area (Å²) < 4.78 is 47.2. The van der Waals surface area contributed by atoms with Crippen molar-refractivity contribution in [3.8, 4) is 0 Å². The van der Waals surface area contributed by atoms with Gasteiger partial charge in [-0.1, -0.05) is 30.3 Å². The van der Waals surface area contributed by atoms with Gasteiger partial charge in [-0.3, -0.25) is 4.79 Å². The smallest absolute Gasteiger partial charge is 0.337 e. The summed E-state index contributed by atoms with van der Waals surface area (Å²) in [6, 6.07) is 11.6. The van der Waals surface area contributed by atoms with Gasteiger partial charge in [0.05, 0.1) is 5.75 Å². The number of nitrogens with one attached hydrogen (secondary N) is 2. The molecular formula is C18H19ClF2N2O3S. The van der Waals surface area contributed by atoms with Crippen LogP contribution >= 0.6 is 12.4 Å². The summed E-state index contributed by atoms with van der Waals surface area (Å²) in [4.78, 5) is 12.2. The van der Waals surface area contributed by atoms with Crippen LogP contribution in [0.2, 0.25) is 0 Å². The van der Waals surface area contributed by atoms with Gasteiger partial charge in [0.15, 0.2) is 0 Å². The first-order valence-electron chi connectivity index (χ1n) is 8.03. The van der Waals surface area contributed by atoms with Gasteiger partial charge in [-0.25, -0.2) is 8.42 Å². The maximum Gasteiger partial charge on any atom is 0.337 e. The fraction of sp³-hybridized carbons (Fsp3) is 0.278. The quantitative estimate of drug-likeness (QED) is 0.759. The molecule has 0 bridgehead atoms. The van der Waals surface area contributed by atoms with Crippen molar-refractivity contribution in [3.05, 3.63) is 70.3 Å². The number of halogens is 3. The second-order valence-corrected chi connectivity index (χ2v) is 8.12. The second kappa shape index (κ2) is 8.77. The van der Waals surface area contributed by atoms with Crippen molar-refractivity contribution in [1.82, 2.24) is 10.6 Å². The van der Waals surface area contributed by atoms with Crippen molar-refractivity contribution in [2.24, 2.45) is 0 Å². The van der Waals surface area contributed by atoms with Crippen LogP contribution < -0.4 is 10.6 Å². The Balaban J connectivity index is 0.00000261. The third-order valence-corrected chi connectivity index (χ3v) is 5.49. The van der Waals surface area contributed by atoms with Gasteiger partial charge in [-0.2, -0.15) is 8.78 Å². The van der Waals surface area contributed by atoms with Gasteiger partial charge in [0.1, 0.15) is 0 Å². The van der Waals surface area contributed by atoms with Crippen LogP contribution in [0.25, 0.3) is 0 Å². The normalized spacial score (nSPS) is 13.1. The minimum absolute atomic E-state index is 0. The number of alkyl halides is 2. The number of rotatable bonds is 6. The van der Waals surface area contributed by atoms with Crippen LogP contribution in [0.5, 0.6) is 0 Å². The highest BCUT2D eigenvalue weighted by atomic mass is 35.5. The summed E-state index contributed by atoms with van der Waals surface area (Å²) in [7, 11) is -4.47. The van der Waals surface area contributed by atoms with Crippen LogP contribution in [0.3, 0.4) is 0 Å². The number of hydrogen-bond donors (Lipinski definition) is 2. The number of hydrogen-bond acceptors (Lipinski definition) is 4. The molecule has 1 amide bonds. The van der Waals surface area contributed by atoms with E-state index in [2.05, 4.69) is 10.6 Å². The lowest BCUT2D eigenvalue weighted by Gasteiger charge is -2.08. The van der Waals surface area contributed by atoms with Crippen LogP contribution in [0.1, 0.15) is 32.6 Å². The van der Waals surface area contributed by atoms with Crippen molar-refractivity contribution < 1.29 is 22.0 Å². The Labute approximate surface area is 162 Å². The van der Waals surface area contributed by atoms with Crippen LogP contribution in [-0.4, -0.2) is 20.1 Å². The first-order valence-corrected chi connectivity index (χ1v) is 9.75. The van der Waals surface area contributed by atoms with Crippen LogP contribution in [0, 0.1) is 0 Å². The Hall–Kier alpha value is -2.03. The third-order valence-electron chi connectivity index (χ3n) is 4.21. The summed E-state index contributed by atoms with van der Waals surface area (Å²) in [6.07, 6.45) is 0. The van der Waals surface area contributed by atoms with Crippen LogP contribution in [-0.2, 0) is 35.2 Å². The van der Waals surface area contributed by atoms with E-state index < -0.39 is 21.3 Å². The molecule has 2 aromatic rings. The fourth-order valence-corrected chi connectivity index (χ4v) is 3.57. The average Bonchev–Trinajstić information content (AvgIpc) is 3.07. The molecule has 3 rings (SSSR count). The second-order valence-electron chi connectivity index (χ2n) is 6.15. The lowest BCUT2D eigenvalue weighted by Crippen LogP contribution is -2.23. The average molecular weight is 417 g/mol. The van der Waals surface area contributed by atoms with E-state index in [1.807, 2.05) is 18.2 Å². The van der Waals surface area contributed by atoms with Crippen molar-refractivity contribution >= 4 is 28.2 Å². The summed E-state index contributed by atoms with van der Waals surface area (Å²) in [5.41, 5.74) is 4.02. The van der Waals surface area contributed by atoms with Gasteiger partial charge in [0.2, 0.25) is 9.84 Å². The highest BCUT2D eigenvalue weighted by molar-refractivity contribution is 7.90. The van der Waals surface area contributed by atoms with Crippen molar-refractivity contribution in [2.75, 3.05) is 0 Å². The van der Waals surface area contributed by atoms with Crippen molar-refractivity contribution in [2.45, 2.75) is 31.1 Å². The first kappa shape index (κ1) is 21.3. The topological polar surface area (TPSA) is 75.3 Å². The third kappa shape index (κ3) is 5.24.